The molecule has 9 heavy (non-hydrogen) atoms. The van der Waals surface area contributed by atoms with Crippen molar-refractivity contribution in [2.45, 2.75) is 13.0 Å². The van der Waals surface area contributed by atoms with Gasteiger partial charge in [-0.2, -0.15) is 0 Å². The topological polar surface area (TPSA) is 66.7 Å². The van der Waals surface area contributed by atoms with E-state index in [9.17, 15) is 9.50 Å². The molecule has 0 rings (SSSR count). The number of carboxylic acid groups (broad SMARTS) is 1. The summed E-state index contributed by atoms with van der Waals surface area (Å²) in [6, 6.07) is -0.824. The van der Waals surface area contributed by atoms with Gasteiger partial charge in [-0.05, 0) is 0 Å². The maximum absolute atomic E-state index is 9.98. The summed E-state index contributed by atoms with van der Waals surface area (Å²) in [6.45, 7) is 1.39. The molecule has 0 bridgehead atoms. The van der Waals surface area contributed by atoms with E-state index in [0.29, 0.717) is 7.15 Å². The first-order chi connectivity index (χ1) is 4.18. The fourth-order valence-electron chi connectivity index (χ4n) is 0.228. The Morgan fingerprint density at radius 1 is 1.89 bits per heavy atom. The van der Waals surface area contributed by atoms with E-state index in [2.05, 4.69) is 4.99 Å². The van der Waals surface area contributed by atoms with Crippen molar-refractivity contribution in [1.29, 1.82) is 0 Å². The fraction of sp³-hybridized carbons (Fsp3) is 0.500. The van der Waals surface area contributed by atoms with E-state index in [1.54, 1.807) is 0 Å². The van der Waals surface area contributed by atoms with Crippen LogP contribution in [0.3, 0.4) is 0 Å². The quantitative estimate of drug-likeness (QED) is 0.411. The summed E-state index contributed by atoms with van der Waals surface area (Å²) in [5.74, 6) is -1.03. The average Bonchev–Trinajstić information content (AvgIpc) is 1.82. The molecule has 0 aliphatic heterocycles. The summed E-state index contributed by atoms with van der Waals surface area (Å²) >= 11 is 0. The van der Waals surface area contributed by atoms with Crippen molar-refractivity contribution in [1.82, 2.24) is 0 Å². The standard InChI is InChI=1S/C4H6BNO3/c1-3(4(7)8)6-2-5-9/h2-3H,1H3,(H,7,8). The van der Waals surface area contributed by atoms with E-state index in [-0.39, 0.29) is 0 Å². The van der Waals surface area contributed by atoms with Gasteiger partial charge in [-0.15, -0.1) is 0 Å². The molecule has 5 heteroatoms. The summed E-state index contributed by atoms with van der Waals surface area (Å²) in [6.07, 6.45) is 0.929. The summed E-state index contributed by atoms with van der Waals surface area (Å²) in [4.78, 5) is 13.3. The molecule has 0 aliphatic carbocycles. The molecule has 0 spiro atoms. The number of aliphatic carboxylic acids is 1. The Morgan fingerprint density at radius 3 is 2.78 bits per heavy atom. The van der Waals surface area contributed by atoms with Crippen LogP contribution in [0.1, 0.15) is 6.92 Å². The van der Waals surface area contributed by atoms with E-state index in [1.807, 2.05) is 0 Å². The van der Waals surface area contributed by atoms with Gasteiger partial charge < -0.3 is 0 Å². The van der Waals surface area contributed by atoms with Gasteiger partial charge >= 0.3 is 51.8 Å². The number of hydrogen-bond acceptors (Lipinski definition) is 3. The first kappa shape index (κ1) is 8.00. The van der Waals surface area contributed by atoms with E-state index in [0.717, 1.165) is 6.11 Å². The average molecular weight is 127 g/mol. The Morgan fingerprint density at radius 2 is 2.44 bits per heavy atom. The van der Waals surface area contributed by atoms with Gasteiger partial charge in [0.05, 0.1) is 0 Å². The number of carboxylic acids is 1. The third-order valence-electron chi connectivity index (χ3n) is 0.728. The van der Waals surface area contributed by atoms with Gasteiger partial charge in [-0.25, -0.2) is 0 Å². The van der Waals surface area contributed by atoms with Crippen LogP contribution in [0.4, 0.5) is 0 Å². The van der Waals surface area contributed by atoms with Crippen LogP contribution in [-0.2, 0) is 9.50 Å². The van der Waals surface area contributed by atoms with E-state index in [1.165, 1.54) is 6.92 Å². The Hall–Kier alpha value is -0.995. The van der Waals surface area contributed by atoms with Crippen LogP contribution in [0.15, 0.2) is 4.99 Å². The Balaban J connectivity index is 3.75. The Kier molecular flexibility index (Phi) is 3.51. The van der Waals surface area contributed by atoms with Crippen LogP contribution in [0.2, 0.25) is 0 Å². The summed E-state index contributed by atoms with van der Waals surface area (Å²) in [7, 11) is 0.444. The van der Waals surface area contributed by atoms with Crippen LogP contribution in [-0.4, -0.2) is 30.4 Å². The molecule has 0 radical (unpaired) electrons. The van der Waals surface area contributed by atoms with Crippen LogP contribution in [0, 0.1) is 0 Å². The van der Waals surface area contributed by atoms with Crippen molar-refractivity contribution in [3.63, 3.8) is 0 Å². The Labute approximate surface area is 52.8 Å². The Bertz CT molecular complexity index is 145. The third-order valence-corrected chi connectivity index (χ3v) is 0.728. The molecular weight excluding hydrogens is 121 g/mol. The SMILES string of the molecule is CC(N=CB=O)C(=O)O. The second-order valence-electron chi connectivity index (χ2n) is 1.45. The van der Waals surface area contributed by atoms with Gasteiger partial charge in [0, 0.05) is 0 Å². The van der Waals surface area contributed by atoms with Crippen LogP contribution < -0.4 is 0 Å². The monoisotopic (exact) mass is 127 g/mol. The summed E-state index contributed by atoms with van der Waals surface area (Å²) in [5, 5.41) is 8.18. The van der Waals surface area contributed by atoms with Crippen molar-refractivity contribution in [3.05, 3.63) is 0 Å². The summed E-state index contributed by atoms with van der Waals surface area (Å²) in [5.41, 5.74) is 0. The number of rotatable bonds is 3. The molecule has 1 N–H and O–H groups in total. The molecule has 0 saturated heterocycles. The van der Waals surface area contributed by atoms with Crippen molar-refractivity contribution in [2.75, 3.05) is 0 Å². The van der Waals surface area contributed by atoms with Gasteiger partial charge in [0.25, 0.3) is 0 Å². The third kappa shape index (κ3) is 3.58. The maximum atomic E-state index is 9.98. The first-order valence-electron chi connectivity index (χ1n) is 2.38. The van der Waals surface area contributed by atoms with Crippen molar-refractivity contribution in [3.8, 4) is 0 Å². The van der Waals surface area contributed by atoms with E-state index < -0.39 is 12.0 Å². The number of hydrogen-bond donors (Lipinski definition) is 1. The molecule has 0 fully saturated rings. The van der Waals surface area contributed by atoms with Gasteiger partial charge in [0.1, 0.15) is 0 Å². The first-order valence-corrected chi connectivity index (χ1v) is 2.38. The zero-order valence-corrected chi connectivity index (χ0v) is 4.94. The molecule has 0 aromatic carbocycles. The zero-order chi connectivity index (χ0) is 7.28. The predicted octanol–water partition coefficient (Wildman–Crippen LogP) is -0.463. The molecule has 0 aliphatic rings. The van der Waals surface area contributed by atoms with Gasteiger partial charge in [0.15, 0.2) is 0 Å². The van der Waals surface area contributed by atoms with Crippen molar-refractivity contribution >= 4 is 19.2 Å². The second kappa shape index (κ2) is 3.94. The predicted molar refractivity (Wildman–Crippen MR) is 32.0 cm³/mol. The molecule has 0 amide bonds. The molecule has 0 heterocycles. The zero-order valence-electron chi connectivity index (χ0n) is 4.94. The molecule has 48 valence electrons. The van der Waals surface area contributed by atoms with Crippen LogP contribution in [0.5, 0.6) is 0 Å². The molecule has 1 atom stereocenters. The number of nitrogens with zero attached hydrogens (tertiary/aromatic N) is 1. The number of carbonyl (C=O) groups is 1. The molecule has 0 aromatic rings. The number of aliphatic imine (C=N–C) groups is 1. The molecule has 0 aromatic heterocycles. The van der Waals surface area contributed by atoms with Gasteiger partial charge in [0.2, 0.25) is 0 Å². The summed E-state index contributed by atoms with van der Waals surface area (Å²) < 4.78 is 9.59. The fourth-order valence-corrected chi connectivity index (χ4v) is 0.228. The second-order valence-corrected chi connectivity index (χ2v) is 1.45. The minimum absolute atomic E-state index is 0.444. The van der Waals surface area contributed by atoms with E-state index in [4.69, 9.17) is 5.11 Å². The van der Waals surface area contributed by atoms with E-state index >= 15 is 0 Å². The molecule has 0 saturated carbocycles. The molecule has 1 unspecified atom stereocenters. The van der Waals surface area contributed by atoms with Gasteiger partial charge in [-0.3, -0.25) is 0 Å². The molecule has 4 nitrogen and oxygen atoms in total. The van der Waals surface area contributed by atoms with Crippen molar-refractivity contribution < 1.29 is 14.6 Å². The molecular formula is C4H6BNO3. The minimum atomic E-state index is -1.03. The van der Waals surface area contributed by atoms with Crippen molar-refractivity contribution in [2.24, 2.45) is 4.99 Å². The normalized spacial score (nSPS) is 13.0. The van der Waals surface area contributed by atoms with Gasteiger partial charge in [-0.1, -0.05) is 0 Å². The van der Waals surface area contributed by atoms with Crippen LogP contribution in [0.25, 0.3) is 0 Å². The van der Waals surface area contributed by atoms with Crippen LogP contribution >= 0.6 is 0 Å².